The molecule has 0 bridgehead atoms. The normalized spacial score (nSPS) is 15.4. The molecule has 5 N–H and O–H groups in total. The Hall–Kier alpha value is -4.09. The van der Waals surface area contributed by atoms with E-state index >= 15 is 0 Å². The van der Waals surface area contributed by atoms with Crippen molar-refractivity contribution in [2.45, 2.75) is 33.0 Å². The van der Waals surface area contributed by atoms with Crippen LogP contribution < -0.4 is 21.7 Å². The molecule has 1 aliphatic rings. The number of aromatic nitrogens is 3. The SMILES string of the molecule is CCn1cc(CNC(=O)C2=C(C)NC(Nc3nc4ccc(F)c(N)c4o3)=NC2c2ccc(Cl)cc2Cl)cn1. The number of oxazole rings is 1. The third-order valence-corrected chi connectivity index (χ3v) is 6.54. The van der Waals surface area contributed by atoms with Gasteiger partial charge in [-0.1, -0.05) is 29.3 Å². The van der Waals surface area contributed by atoms with Gasteiger partial charge in [-0.05, 0) is 38.1 Å². The van der Waals surface area contributed by atoms with Crippen LogP contribution in [0, 0.1) is 5.82 Å². The summed E-state index contributed by atoms with van der Waals surface area (Å²) >= 11 is 12.6. The van der Waals surface area contributed by atoms with Gasteiger partial charge in [0.15, 0.2) is 5.58 Å². The van der Waals surface area contributed by atoms with Crippen molar-refractivity contribution < 1.29 is 13.6 Å². The summed E-state index contributed by atoms with van der Waals surface area (Å²) in [6.45, 7) is 4.74. The monoisotopic (exact) mass is 556 g/mol. The molecular formula is C25H23Cl2FN8O2. The summed E-state index contributed by atoms with van der Waals surface area (Å²) in [6.07, 6.45) is 3.57. The quantitative estimate of drug-likeness (QED) is 0.251. The molecule has 5 rings (SSSR count). The largest absolute Gasteiger partial charge is 0.421 e. The minimum Gasteiger partial charge on any atom is -0.421 e. The number of nitrogens with zero attached hydrogens (tertiary/aromatic N) is 4. The van der Waals surface area contributed by atoms with Gasteiger partial charge in [0.1, 0.15) is 23.1 Å². The Labute approximate surface area is 226 Å². The number of nitrogens with two attached hydrogens (primary N) is 1. The molecule has 2 aromatic carbocycles. The molecular weight excluding hydrogens is 534 g/mol. The summed E-state index contributed by atoms with van der Waals surface area (Å²) in [5.41, 5.74) is 8.45. The molecule has 1 atom stereocenters. The summed E-state index contributed by atoms with van der Waals surface area (Å²) in [4.78, 5) is 22.4. The number of hydrogen-bond acceptors (Lipinski definition) is 8. The fourth-order valence-corrected chi connectivity index (χ4v) is 4.59. The van der Waals surface area contributed by atoms with Gasteiger partial charge >= 0.3 is 6.01 Å². The summed E-state index contributed by atoms with van der Waals surface area (Å²) in [6, 6.07) is 6.91. The van der Waals surface area contributed by atoms with E-state index in [2.05, 4.69) is 26.0 Å². The number of anilines is 2. The van der Waals surface area contributed by atoms with Crippen LogP contribution in [0.4, 0.5) is 16.1 Å². The Morgan fingerprint density at radius 1 is 1.29 bits per heavy atom. The van der Waals surface area contributed by atoms with Gasteiger partial charge < -0.3 is 20.8 Å². The first-order chi connectivity index (χ1) is 18.2. The predicted molar refractivity (Wildman–Crippen MR) is 144 cm³/mol. The molecule has 0 radical (unpaired) electrons. The number of aryl methyl sites for hydroxylation is 1. The van der Waals surface area contributed by atoms with Gasteiger partial charge in [0.05, 0.1) is 11.8 Å². The maximum atomic E-state index is 13.8. The number of halogens is 3. The van der Waals surface area contributed by atoms with E-state index < -0.39 is 11.9 Å². The molecule has 0 aliphatic carbocycles. The minimum absolute atomic E-state index is 0.0399. The van der Waals surface area contributed by atoms with Crippen LogP contribution in [0.25, 0.3) is 11.1 Å². The Balaban J connectivity index is 1.45. The predicted octanol–water partition coefficient (Wildman–Crippen LogP) is 4.78. The van der Waals surface area contributed by atoms with Crippen molar-refractivity contribution in [3.63, 3.8) is 0 Å². The zero-order valence-corrected chi connectivity index (χ0v) is 21.9. The number of carbonyl (C=O) groups excluding carboxylic acids is 1. The molecule has 1 aliphatic heterocycles. The smallest absolute Gasteiger partial charge is 0.302 e. The van der Waals surface area contributed by atoms with E-state index in [0.717, 1.165) is 12.1 Å². The van der Waals surface area contributed by atoms with Crippen molar-refractivity contribution in [3.05, 3.63) is 81.0 Å². The van der Waals surface area contributed by atoms with Crippen LogP contribution in [0.1, 0.15) is 31.0 Å². The maximum absolute atomic E-state index is 13.8. The lowest BCUT2D eigenvalue weighted by Crippen LogP contribution is -2.39. The van der Waals surface area contributed by atoms with Gasteiger partial charge in [0.2, 0.25) is 5.96 Å². The van der Waals surface area contributed by atoms with Crippen molar-refractivity contribution in [3.8, 4) is 0 Å². The number of nitrogens with one attached hydrogen (secondary N) is 3. The van der Waals surface area contributed by atoms with Crippen LogP contribution >= 0.6 is 23.2 Å². The minimum atomic E-state index is -0.784. The van der Waals surface area contributed by atoms with Gasteiger partial charge in [-0.25, -0.2) is 9.38 Å². The number of fused-ring (bicyclic) bond motifs is 1. The second-order valence-electron chi connectivity index (χ2n) is 8.55. The van der Waals surface area contributed by atoms with E-state index in [0.29, 0.717) is 32.4 Å². The van der Waals surface area contributed by atoms with Crippen LogP contribution in [0.3, 0.4) is 0 Å². The lowest BCUT2D eigenvalue weighted by Gasteiger charge is -2.27. The lowest BCUT2D eigenvalue weighted by molar-refractivity contribution is -0.118. The fourth-order valence-electron chi connectivity index (χ4n) is 4.07. The van der Waals surface area contributed by atoms with Crippen molar-refractivity contribution in [2.24, 2.45) is 4.99 Å². The first kappa shape index (κ1) is 25.6. The molecule has 0 spiro atoms. The second-order valence-corrected chi connectivity index (χ2v) is 9.39. The highest BCUT2D eigenvalue weighted by molar-refractivity contribution is 6.35. The van der Waals surface area contributed by atoms with Gasteiger partial charge in [-0.15, -0.1) is 0 Å². The molecule has 3 heterocycles. The maximum Gasteiger partial charge on any atom is 0.302 e. The van der Waals surface area contributed by atoms with Gasteiger partial charge in [-0.3, -0.25) is 14.8 Å². The standard InChI is InChI=1S/C25H23Cl2FN8O2/c1-3-36-11-13(10-31-36)9-30-23(37)19-12(2)32-24(34-21(19)15-5-4-14(26)8-16(15)27)35-25-33-18-7-6-17(28)20(29)22(18)38-25/h4-8,10-11,21H,3,9,29H2,1-2H3,(H,30,37)(H2,32,33,34,35). The molecule has 1 amide bonds. The average Bonchev–Trinajstić information content (AvgIpc) is 3.51. The topological polar surface area (TPSA) is 135 Å². The first-order valence-corrected chi connectivity index (χ1v) is 12.4. The van der Waals surface area contributed by atoms with Crippen LogP contribution in [-0.2, 0) is 17.9 Å². The van der Waals surface area contributed by atoms with Crippen LogP contribution in [0.2, 0.25) is 10.0 Å². The van der Waals surface area contributed by atoms with Gasteiger partial charge in [0.25, 0.3) is 5.91 Å². The molecule has 38 heavy (non-hydrogen) atoms. The molecule has 1 unspecified atom stereocenters. The van der Waals surface area contributed by atoms with E-state index in [9.17, 15) is 9.18 Å². The first-order valence-electron chi connectivity index (χ1n) is 11.6. The highest BCUT2D eigenvalue weighted by Gasteiger charge is 2.31. The number of allylic oxidation sites excluding steroid dienone is 1. The van der Waals surface area contributed by atoms with Crippen LogP contribution in [0.5, 0.6) is 0 Å². The summed E-state index contributed by atoms with van der Waals surface area (Å²) in [5, 5.41) is 14.0. The van der Waals surface area contributed by atoms with Crippen LogP contribution in [-0.4, -0.2) is 26.6 Å². The molecule has 196 valence electrons. The summed E-state index contributed by atoms with van der Waals surface area (Å²) in [7, 11) is 0. The number of guanidine groups is 1. The van der Waals surface area contributed by atoms with Crippen molar-refractivity contribution in [2.75, 3.05) is 11.1 Å². The Morgan fingerprint density at radius 3 is 2.84 bits per heavy atom. The third kappa shape index (κ3) is 5.02. The third-order valence-electron chi connectivity index (χ3n) is 5.98. The van der Waals surface area contributed by atoms with Gasteiger partial charge in [-0.2, -0.15) is 10.1 Å². The molecule has 13 heteroatoms. The van der Waals surface area contributed by atoms with Gasteiger partial charge in [0, 0.05) is 46.2 Å². The van der Waals surface area contributed by atoms with E-state index in [-0.39, 0.29) is 35.7 Å². The van der Waals surface area contributed by atoms with Crippen molar-refractivity contribution in [1.29, 1.82) is 0 Å². The highest BCUT2D eigenvalue weighted by Crippen LogP contribution is 2.36. The number of carbonyl (C=O) groups is 1. The van der Waals surface area contributed by atoms with E-state index in [1.807, 2.05) is 13.1 Å². The zero-order chi connectivity index (χ0) is 27.0. The van der Waals surface area contributed by atoms with E-state index in [1.54, 1.807) is 36.0 Å². The summed E-state index contributed by atoms with van der Waals surface area (Å²) < 4.78 is 21.2. The van der Waals surface area contributed by atoms with Crippen molar-refractivity contribution in [1.82, 2.24) is 25.4 Å². The number of rotatable bonds is 6. The number of hydrogen-bond donors (Lipinski definition) is 4. The molecule has 0 saturated heterocycles. The lowest BCUT2D eigenvalue weighted by atomic mass is 9.95. The fraction of sp³-hybridized carbons (Fsp3) is 0.200. The Bertz CT molecular complexity index is 1610. The number of benzene rings is 2. The van der Waals surface area contributed by atoms with Crippen LogP contribution in [0.15, 0.2) is 63.4 Å². The number of aliphatic imine (C=N–C) groups is 1. The Morgan fingerprint density at radius 2 is 2.11 bits per heavy atom. The van der Waals surface area contributed by atoms with Crippen molar-refractivity contribution >= 4 is 57.9 Å². The average molecular weight is 557 g/mol. The van der Waals surface area contributed by atoms with E-state index in [1.165, 1.54) is 12.1 Å². The zero-order valence-electron chi connectivity index (χ0n) is 20.3. The number of nitrogen functional groups attached to an aromatic ring is 1. The highest BCUT2D eigenvalue weighted by atomic mass is 35.5. The number of amides is 1. The summed E-state index contributed by atoms with van der Waals surface area (Å²) in [5.74, 6) is -0.699. The second kappa shape index (κ2) is 10.3. The molecule has 0 fully saturated rings. The van der Waals surface area contributed by atoms with E-state index in [4.69, 9.17) is 38.3 Å². The molecule has 2 aromatic heterocycles. The molecule has 10 nitrogen and oxygen atoms in total. The Kier molecular flexibility index (Phi) is 6.96. The molecule has 0 saturated carbocycles. The molecule has 4 aromatic rings.